The summed E-state index contributed by atoms with van der Waals surface area (Å²) < 4.78 is 3.53. The predicted molar refractivity (Wildman–Crippen MR) is 190 cm³/mol. The maximum Gasteiger partial charge on any atom is 0.0547 e. The lowest BCUT2D eigenvalue weighted by atomic mass is 9.94. The van der Waals surface area contributed by atoms with Gasteiger partial charge in [0.25, 0.3) is 0 Å². The van der Waals surface area contributed by atoms with E-state index >= 15 is 0 Å². The number of hydrogen-bond acceptors (Lipinski definition) is 0. The largest absolute Gasteiger partial charge is 0.309 e. The monoisotopic (exact) mass is 625 g/mol. The molecule has 0 fully saturated rings. The Morgan fingerprint density at radius 2 is 0.886 bits per heavy atom. The van der Waals surface area contributed by atoms with Gasteiger partial charge in [-0.1, -0.05) is 162 Å². The van der Waals surface area contributed by atoms with E-state index in [2.05, 4.69) is 190 Å². The summed E-state index contributed by atoms with van der Waals surface area (Å²) in [6, 6.07) is 61.1. The van der Waals surface area contributed by atoms with Gasteiger partial charge in [0.05, 0.1) is 16.7 Å². The smallest absolute Gasteiger partial charge is 0.0547 e. The van der Waals surface area contributed by atoms with Gasteiger partial charge in [0, 0.05) is 20.8 Å². The molecule has 0 unspecified atom stereocenters. The van der Waals surface area contributed by atoms with Crippen LogP contribution >= 0.6 is 15.9 Å². The van der Waals surface area contributed by atoms with Crippen molar-refractivity contribution in [3.63, 3.8) is 0 Å². The van der Waals surface area contributed by atoms with Gasteiger partial charge in [0.2, 0.25) is 0 Å². The summed E-state index contributed by atoms with van der Waals surface area (Å²) in [5.74, 6) is 0. The Bertz CT molecular complexity index is 2280. The fraction of sp³-hybridized carbons (Fsp3) is 0. The molecule has 0 aliphatic rings. The summed E-state index contributed by atoms with van der Waals surface area (Å²) in [6.45, 7) is 0. The van der Waals surface area contributed by atoms with Crippen LogP contribution in [0.3, 0.4) is 0 Å². The van der Waals surface area contributed by atoms with Crippen LogP contribution in [0.15, 0.2) is 174 Å². The van der Waals surface area contributed by atoms with Crippen LogP contribution in [-0.4, -0.2) is 4.57 Å². The van der Waals surface area contributed by atoms with E-state index in [9.17, 15) is 0 Å². The molecule has 0 bridgehead atoms. The van der Waals surface area contributed by atoms with E-state index in [0.29, 0.717) is 0 Å². The number of halogens is 1. The van der Waals surface area contributed by atoms with E-state index in [4.69, 9.17) is 0 Å². The first-order valence-electron chi connectivity index (χ1n) is 14.9. The number of fused-ring (bicyclic) bond motifs is 3. The van der Waals surface area contributed by atoms with Gasteiger partial charge in [-0.25, -0.2) is 0 Å². The number of hydrogen-bond donors (Lipinski definition) is 0. The highest BCUT2D eigenvalue weighted by atomic mass is 79.9. The van der Waals surface area contributed by atoms with Crippen molar-refractivity contribution in [3.05, 3.63) is 174 Å². The number of para-hydroxylation sites is 2. The summed E-state index contributed by atoms with van der Waals surface area (Å²) in [6.07, 6.45) is 0. The SMILES string of the molecule is Brc1ccccc1-c1ccccc1-c1ccc2c3ccccc3n(-c3ccccc3-c3ccc(-c4ccccc4)cc3)c2c1. The summed E-state index contributed by atoms with van der Waals surface area (Å²) in [7, 11) is 0. The first-order valence-corrected chi connectivity index (χ1v) is 15.7. The second kappa shape index (κ2) is 11.1. The van der Waals surface area contributed by atoms with Gasteiger partial charge in [-0.3, -0.25) is 0 Å². The van der Waals surface area contributed by atoms with Crippen LogP contribution in [0.25, 0.3) is 72.0 Å². The molecule has 0 amide bonds. The average molecular weight is 627 g/mol. The van der Waals surface area contributed by atoms with Crippen LogP contribution in [0, 0.1) is 0 Å². The molecule has 2 heteroatoms. The quantitative estimate of drug-likeness (QED) is 0.179. The van der Waals surface area contributed by atoms with Crippen molar-refractivity contribution in [2.45, 2.75) is 0 Å². The van der Waals surface area contributed by atoms with Crippen LogP contribution in [0.1, 0.15) is 0 Å². The van der Waals surface area contributed by atoms with E-state index in [1.165, 1.54) is 72.0 Å². The van der Waals surface area contributed by atoms with E-state index < -0.39 is 0 Å². The molecule has 0 aliphatic carbocycles. The summed E-state index contributed by atoms with van der Waals surface area (Å²) in [5.41, 5.74) is 13.2. The number of aromatic nitrogens is 1. The Kier molecular flexibility index (Phi) is 6.70. The molecule has 0 radical (unpaired) electrons. The summed E-state index contributed by atoms with van der Waals surface area (Å²) in [5, 5.41) is 2.50. The van der Waals surface area contributed by atoms with Crippen molar-refractivity contribution in [3.8, 4) is 50.2 Å². The molecule has 8 rings (SSSR count). The van der Waals surface area contributed by atoms with Gasteiger partial charge in [0.15, 0.2) is 0 Å². The molecular weight excluding hydrogens is 598 g/mol. The molecule has 1 nitrogen and oxygen atoms in total. The molecule has 0 aliphatic heterocycles. The topological polar surface area (TPSA) is 4.93 Å². The van der Waals surface area contributed by atoms with Crippen LogP contribution in [0.4, 0.5) is 0 Å². The fourth-order valence-electron chi connectivity index (χ4n) is 6.43. The predicted octanol–water partition coefficient (Wildman–Crippen LogP) is 12.2. The van der Waals surface area contributed by atoms with E-state index in [-0.39, 0.29) is 0 Å². The fourth-order valence-corrected chi connectivity index (χ4v) is 6.93. The lowest BCUT2D eigenvalue weighted by Crippen LogP contribution is -1.97. The highest BCUT2D eigenvalue weighted by Crippen LogP contribution is 2.41. The summed E-state index contributed by atoms with van der Waals surface area (Å²) in [4.78, 5) is 0. The average Bonchev–Trinajstić information content (AvgIpc) is 3.42. The van der Waals surface area contributed by atoms with Crippen molar-refractivity contribution in [2.24, 2.45) is 0 Å². The molecule has 8 aromatic rings. The molecule has 208 valence electrons. The number of rotatable bonds is 5. The Balaban J connectivity index is 1.33. The van der Waals surface area contributed by atoms with Crippen molar-refractivity contribution < 1.29 is 0 Å². The van der Waals surface area contributed by atoms with Gasteiger partial charge in [-0.15, -0.1) is 0 Å². The van der Waals surface area contributed by atoms with Crippen molar-refractivity contribution in [1.29, 1.82) is 0 Å². The van der Waals surface area contributed by atoms with Gasteiger partial charge >= 0.3 is 0 Å². The zero-order chi connectivity index (χ0) is 29.5. The zero-order valence-electron chi connectivity index (χ0n) is 24.0. The van der Waals surface area contributed by atoms with Crippen LogP contribution in [-0.2, 0) is 0 Å². The first kappa shape index (κ1) is 26.4. The number of benzene rings is 7. The third-order valence-electron chi connectivity index (χ3n) is 8.52. The minimum Gasteiger partial charge on any atom is -0.309 e. The molecule has 1 heterocycles. The van der Waals surface area contributed by atoms with Gasteiger partial charge in [0.1, 0.15) is 0 Å². The van der Waals surface area contributed by atoms with Crippen molar-refractivity contribution in [1.82, 2.24) is 4.57 Å². The minimum absolute atomic E-state index is 1.09. The molecule has 0 saturated carbocycles. The third-order valence-corrected chi connectivity index (χ3v) is 9.22. The second-order valence-corrected chi connectivity index (χ2v) is 11.9. The van der Waals surface area contributed by atoms with Gasteiger partial charge < -0.3 is 4.57 Å². The molecule has 7 aromatic carbocycles. The maximum absolute atomic E-state index is 3.79. The maximum atomic E-state index is 3.79. The molecule has 0 atom stereocenters. The zero-order valence-corrected chi connectivity index (χ0v) is 25.6. The lowest BCUT2D eigenvalue weighted by Gasteiger charge is -2.16. The molecule has 1 aromatic heterocycles. The van der Waals surface area contributed by atoms with Crippen molar-refractivity contribution in [2.75, 3.05) is 0 Å². The van der Waals surface area contributed by atoms with Crippen LogP contribution < -0.4 is 0 Å². The standard InChI is InChI=1S/C42H28BrN/c43-39-19-9-6-17-36(39)35-16-5-4-14-33(35)32-26-27-38-37-18-8-11-21-41(37)44(42(38)28-32)40-20-10-7-15-34(40)31-24-22-30(23-25-31)29-12-2-1-3-13-29/h1-28H. The molecule has 0 N–H and O–H groups in total. The molecule has 44 heavy (non-hydrogen) atoms. The van der Waals surface area contributed by atoms with Crippen LogP contribution in [0.2, 0.25) is 0 Å². The Morgan fingerprint density at radius 3 is 1.68 bits per heavy atom. The first-order chi connectivity index (χ1) is 21.8. The van der Waals surface area contributed by atoms with Crippen molar-refractivity contribution >= 4 is 37.7 Å². The second-order valence-electron chi connectivity index (χ2n) is 11.1. The van der Waals surface area contributed by atoms with E-state index in [0.717, 1.165) is 4.47 Å². The highest BCUT2D eigenvalue weighted by Gasteiger charge is 2.17. The summed E-state index contributed by atoms with van der Waals surface area (Å²) >= 11 is 3.79. The van der Waals surface area contributed by atoms with E-state index in [1.54, 1.807) is 0 Å². The Hall–Kier alpha value is -5.18. The molecule has 0 spiro atoms. The molecular formula is C42H28BrN. The minimum atomic E-state index is 1.09. The van der Waals surface area contributed by atoms with Gasteiger partial charge in [-0.2, -0.15) is 0 Å². The Labute approximate surface area is 265 Å². The Morgan fingerprint density at radius 1 is 0.341 bits per heavy atom. The van der Waals surface area contributed by atoms with Crippen LogP contribution in [0.5, 0.6) is 0 Å². The lowest BCUT2D eigenvalue weighted by molar-refractivity contribution is 1.18. The highest BCUT2D eigenvalue weighted by molar-refractivity contribution is 9.10. The number of nitrogens with zero attached hydrogens (tertiary/aromatic N) is 1. The normalized spacial score (nSPS) is 11.3. The third kappa shape index (κ3) is 4.56. The molecule has 0 saturated heterocycles. The van der Waals surface area contributed by atoms with Gasteiger partial charge in [-0.05, 0) is 63.2 Å². The van der Waals surface area contributed by atoms with E-state index in [1.807, 2.05) is 0 Å².